The number of carbonyl (C=O) groups excluding carboxylic acids is 1. The molecule has 0 aromatic heterocycles. The number of phenolic OH excluding ortho intramolecular Hbond substituents is 2. The molecule has 0 radical (unpaired) electrons. The van der Waals surface area contributed by atoms with Crippen LogP contribution < -0.4 is 5.73 Å². The van der Waals surface area contributed by atoms with E-state index in [1.54, 1.807) is 6.07 Å². The lowest BCUT2D eigenvalue weighted by Gasteiger charge is -2.23. The van der Waals surface area contributed by atoms with Crippen LogP contribution in [-0.4, -0.2) is 61.5 Å². The molecule has 0 unspecified atom stereocenters. The largest absolute Gasteiger partial charge is 0.504 e. The summed E-state index contributed by atoms with van der Waals surface area (Å²) < 4.78 is 5.59. The van der Waals surface area contributed by atoms with E-state index >= 15 is 0 Å². The van der Waals surface area contributed by atoms with Crippen LogP contribution in [-0.2, 0) is 16.0 Å². The van der Waals surface area contributed by atoms with Crippen molar-refractivity contribution in [2.45, 2.75) is 13.3 Å². The molecule has 1 aromatic rings. The van der Waals surface area contributed by atoms with Gasteiger partial charge in [0.2, 0.25) is 0 Å². The van der Waals surface area contributed by atoms with Crippen molar-refractivity contribution in [1.29, 1.82) is 0 Å². The van der Waals surface area contributed by atoms with E-state index in [2.05, 4.69) is 21.1 Å². The molecule has 0 fully saturated rings. The molecule has 0 atom stereocenters. The first kappa shape index (κ1) is 19.2. The fraction of sp³-hybridized carbons (Fsp3) is 0.533. The molecule has 0 aliphatic heterocycles. The van der Waals surface area contributed by atoms with Crippen molar-refractivity contribution in [3.05, 3.63) is 23.8 Å². The fourth-order valence-corrected chi connectivity index (χ4v) is 1.35. The van der Waals surface area contributed by atoms with Crippen molar-refractivity contribution in [1.82, 2.24) is 0 Å². The maximum Gasteiger partial charge on any atom is 0.302 e. The van der Waals surface area contributed by atoms with Crippen LogP contribution in [0.3, 0.4) is 0 Å². The average Bonchev–Trinajstić information content (AvgIpc) is 2.33. The number of aromatic hydroxyl groups is 2. The molecule has 1 rings (SSSR count). The van der Waals surface area contributed by atoms with Crippen molar-refractivity contribution < 1.29 is 24.2 Å². The Morgan fingerprint density at radius 3 is 2.29 bits per heavy atom. The SMILES string of the molecule is CC(=O)OCC[N+](C)(C)C.NCCc1ccc(O)c(O)c1. The van der Waals surface area contributed by atoms with Gasteiger partial charge in [-0.1, -0.05) is 6.07 Å². The van der Waals surface area contributed by atoms with Gasteiger partial charge in [-0.05, 0) is 30.7 Å². The summed E-state index contributed by atoms with van der Waals surface area (Å²) in [5.74, 6) is -0.379. The van der Waals surface area contributed by atoms with Crippen LogP contribution in [0.25, 0.3) is 0 Å². The third-order valence-electron chi connectivity index (χ3n) is 2.54. The number of likely N-dealkylation sites (N-methyl/N-ethyl adjacent to an activating group) is 1. The van der Waals surface area contributed by atoms with E-state index in [0.717, 1.165) is 16.6 Å². The minimum atomic E-state index is -0.201. The number of carbonyl (C=O) groups is 1. The number of hydrogen-bond donors (Lipinski definition) is 3. The van der Waals surface area contributed by atoms with Crippen LogP contribution in [0.5, 0.6) is 11.5 Å². The summed E-state index contributed by atoms with van der Waals surface area (Å²) in [5, 5.41) is 18.0. The fourth-order valence-electron chi connectivity index (χ4n) is 1.35. The molecule has 21 heavy (non-hydrogen) atoms. The number of benzene rings is 1. The highest BCUT2D eigenvalue weighted by Crippen LogP contribution is 2.24. The van der Waals surface area contributed by atoms with Crippen LogP contribution in [0.2, 0.25) is 0 Å². The van der Waals surface area contributed by atoms with Gasteiger partial charge in [0.25, 0.3) is 0 Å². The van der Waals surface area contributed by atoms with Crippen LogP contribution in [0.4, 0.5) is 0 Å². The van der Waals surface area contributed by atoms with Gasteiger partial charge in [0, 0.05) is 6.92 Å². The molecule has 0 aliphatic carbocycles. The molecular formula is C15H27N2O4+. The second-order valence-electron chi connectivity index (χ2n) is 5.72. The van der Waals surface area contributed by atoms with Gasteiger partial charge in [-0.2, -0.15) is 0 Å². The summed E-state index contributed by atoms with van der Waals surface area (Å²) in [5.41, 5.74) is 6.24. The number of nitrogens with two attached hydrogens (primary N) is 1. The smallest absolute Gasteiger partial charge is 0.302 e. The monoisotopic (exact) mass is 299 g/mol. The van der Waals surface area contributed by atoms with E-state index in [1.165, 1.54) is 19.1 Å². The van der Waals surface area contributed by atoms with Crippen molar-refractivity contribution >= 4 is 5.97 Å². The van der Waals surface area contributed by atoms with Gasteiger partial charge in [-0.25, -0.2) is 0 Å². The van der Waals surface area contributed by atoms with E-state index in [-0.39, 0.29) is 17.5 Å². The Kier molecular flexibility index (Phi) is 8.42. The molecule has 0 bridgehead atoms. The number of esters is 1. The van der Waals surface area contributed by atoms with Crippen molar-refractivity contribution in [2.24, 2.45) is 5.73 Å². The van der Waals surface area contributed by atoms with Gasteiger partial charge in [0.15, 0.2) is 11.5 Å². The number of ether oxygens (including phenoxy) is 1. The average molecular weight is 299 g/mol. The third kappa shape index (κ3) is 10.6. The van der Waals surface area contributed by atoms with Gasteiger partial charge in [0.1, 0.15) is 13.2 Å². The predicted molar refractivity (Wildman–Crippen MR) is 82.1 cm³/mol. The first-order chi connectivity index (χ1) is 9.65. The number of quaternary nitrogens is 1. The zero-order valence-electron chi connectivity index (χ0n) is 13.3. The van der Waals surface area contributed by atoms with Crippen molar-refractivity contribution in [3.63, 3.8) is 0 Å². The Labute approximate surface area is 126 Å². The summed E-state index contributed by atoms with van der Waals surface area (Å²) in [6.45, 7) is 3.35. The molecule has 0 heterocycles. The zero-order valence-corrected chi connectivity index (χ0v) is 13.3. The molecule has 6 nitrogen and oxygen atoms in total. The molecule has 0 aliphatic rings. The van der Waals surface area contributed by atoms with Crippen LogP contribution in [0, 0.1) is 0 Å². The standard InChI is InChI=1S/C8H11NO2.C7H16NO2/c9-4-3-6-1-2-7(10)8(11)5-6;1-7(9)10-6-5-8(2,3)4/h1-2,5,10-11H,3-4,9H2;5-6H2,1-4H3/q;+1. The van der Waals surface area contributed by atoms with Gasteiger partial charge < -0.3 is 25.2 Å². The third-order valence-corrected chi connectivity index (χ3v) is 2.54. The first-order valence-electron chi connectivity index (χ1n) is 6.80. The van der Waals surface area contributed by atoms with Gasteiger partial charge in [-0.15, -0.1) is 0 Å². The quantitative estimate of drug-likeness (QED) is 0.426. The molecule has 4 N–H and O–H groups in total. The lowest BCUT2D eigenvalue weighted by molar-refractivity contribution is -0.870. The number of nitrogens with zero attached hydrogens (tertiary/aromatic N) is 1. The predicted octanol–water partition coefficient (Wildman–Crippen LogP) is 0.855. The summed E-state index contributed by atoms with van der Waals surface area (Å²) in [6.07, 6.45) is 0.716. The topological polar surface area (TPSA) is 92.8 Å². The summed E-state index contributed by atoms with van der Waals surface area (Å²) >= 11 is 0. The normalized spacial score (nSPS) is 10.5. The van der Waals surface area contributed by atoms with E-state index < -0.39 is 0 Å². The maximum absolute atomic E-state index is 10.3. The Hall–Kier alpha value is -1.79. The molecule has 0 spiro atoms. The van der Waals surface area contributed by atoms with E-state index in [1.807, 2.05) is 0 Å². The van der Waals surface area contributed by atoms with E-state index in [0.29, 0.717) is 19.6 Å². The Morgan fingerprint density at radius 1 is 1.24 bits per heavy atom. The highest BCUT2D eigenvalue weighted by atomic mass is 16.5. The van der Waals surface area contributed by atoms with Gasteiger partial charge in [0.05, 0.1) is 21.1 Å². The molecule has 120 valence electrons. The minimum Gasteiger partial charge on any atom is -0.504 e. The molecule has 0 amide bonds. The van der Waals surface area contributed by atoms with Crippen molar-refractivity contribution in [2.75, 3.05) is 40.8 Å². The highest BCUT2D eigenvalue weighted by molar-refractivity contribution is 5.65. The number of phenols is 2. The Balaban J connectivity index is 0.000000384. The maximum atomic E-state index is 10.3. The number of hydrogen-bond acceptors (Lipinski definition) is 5. The summed E-state index contributed by atoms with van der Waals surface area (Å²) in [4.78, 5) is 10.3. The molecule has 0 saturated carbocycles. The number of rotatable bonds is 5. The molecule has 6 heteroatoms. The lowest BCUT2D eigenvalue weighted by atomic mass is 10.1. The zero-order chi connectivity index (χ0) is 16.5. The molecule has 1 aromatic carbocycles. The van der Waals surface area contributed by atoms with Crippen LogP contribution in [0.15, 0.2) is 18.2 Å². The van der Waals surface area contributed by atoms with Gasteiger partial charge >= 0.3 is 5.97 Å². The van der Waals surface area contributed by atoms with E-state index in [9.17, 15) is 4.79 Å². The minimum absolute atomic E-state index is 0.0871. The summed E-state index contributed by atoms with van der Waals surface area (Å²) in [7, 11) is 6.18. The Morgan fingerprint density at radius 2 is 1.86 bits per heavy atom. The Bertz CT molecular complexity index is 442. The van der Waals surface area contributed by atoms with Crippen LogP contribution >= 0.6 is 0 Å². The first-order valence-corrected chi connectivity index (χ1v) is 6.80. The van der Waals surface area contributed by atoms with Crippen molar-refractivity contribution in [3.8, 4) is 11.5 Å². The molecular weight excluding hydrogens is 272 g/mol. The second kappa shape index (κ2) is 9.20. The summed E-state index contributed by atoms with van der Waals surface area (Å²) in [6, 6.07) is 4.71. The van der Waals surface area contributed by atoms with Gasteiger partial charge in [-0.3, -0.25) is 4.79 Å². The van der Waals surface area contributed by atoms with Crippen LogP contribution in [0.1, 0.15) is 12.5 Å². The second-order valence-corrected chi connectivity index (χ2v) is 5.72. The molecule has 0 saturated heterocycles. The lowest BCUT2D eigenvalue weighted by Crippen LogP contribution is -2.37. The highest BCUT2D eigenvalue weighted by Gasteiger charge is 2.06. The van der Waals surface area contributed by atoms with E-state index in [4.69, 9.17) is 20.7 Å².